The van der Waals surface area contributed by atoms with Gasteiger partial charge in [-0.05, 0) is 31.4 Å². The summed E-state index contributed by atoms with van der Waals surface area (Å²) < 4.78 is 0. The van der Waals surface area contributed by atoms with Crippen molar-refractivity contribution in [3.05, 3.63) is 35.5 Å². The van der Waals surface area contributed by atoms with E-state index in [4.69, 9.17) is 0 Å². The maximum atomic E-state index is 9.36. The molecule has 2 unspecified atom stereocenters. The highest BCUT2D eigenvalue weighted by molar-refractivity contribution is 5.39. The molecule has 0 aromatic rings. The molecule has 0 aromatic carbocycles. The number of rotatable bonds is 3. The van der Waals surface area contributed by atoms with Gasteiger partial charge in [0.1, 0.15) is 0 Å². The highest BCUT2D eigenvalue weighted by Crippen LogP contribution is 2.16. The molecule has 2 atom stereocenters. The van der Waals surface area contributed by atoms with E-state index < -0.39 is 12.2 Å². The SMILES string of the molecule is CC(O)C(=CC1=CCC=C1)C(C)O. The molecule has 1 aliphatic rings. The van der Waals surface area contributed by atoms with Gasteiger partial charge in [-0.1, -0.05) is 24.3 Å². The summed E-state index contributed by atoms with van der Waals surface area (Å²) in [6.45, 7) is 3.33. The van der Waals surface area contributed by atoms with Crippen LogP contribution >= 0.6 is 0 Å². The monoisotopic (exact) mass is 180 g/mol. The predicted octanol–water partition coefficient (Wildman–Crippen LogP) is 1.56. The Hall–Kier alpha value is -0.860. The lowest BCUT2D eigenvalue weighted by atomic mass is 10.0. The van der Waals surface area contributed by atoms with E-state index in [9.17, 15) is 10.2 Å². The molecule has 1 aliphatic carbocycles. The van der Waals surface area contributed by atoms with Gasteiger partial charge in [0.25, 0.3) is 0 Å². The van der Waals surface area contributed by atoms with Crippen LogP contribution in [0.4, 0.5) is 0 Å². The molecule has 0 radical (unpaired) electrons. The molecule has 0 heterocycles. The average molecular weight is 180 g/mol. The van der Waals surface area contributed by atoms with Gasteiger partial charge < -0.3 is 10.2 Å². The Kier molecular flexibility index (Phi) is 3.46. The van der Waals surface area contributed by atoms with E-state index in [2.05, 4.69) is 6.08 Å². The molecule has 1 rings (SSSR count). The Morgan fingerprint density at radius 3 is 2.38 bits per heavy atom. The number of aliphatic hydroxyl groups is 2. The lowest BCUT2D eigenvalue weighted by molar-refractivity contribution is 0.164. The van der Waals surface area contributed by atoms with E-state index in [0.29, 0.717) is 5.57 Å². The second kappa shape index (κ2) is 4.40. The van der Waals surface area contributed by atoms with E-state index in [1.54, 1.807) is 13.8 Å². The van der Waals surface area contributed by atoms with Crippen LogP contribution in [0.3, 0.4) is 0 Å². The zero-order valence-electron chi connectivity index (χ0n) is 8.07. The van der Waals surface area contributed by atoms with Crippen molar-refractivity contribution in [1.29, 1.82) is 0 Å². The second-order valence-corrected chi connectivity index (χ2v) is 3.34. The van der Waals surface area contributed by atoms with Gasteiger partial charge in [-0.2, -0.15) is 0 Å². The summed E-state index contributed by atoms with van der Waals surface area (Å²) in [5.41, 5.74) is 1.73. The van der Waals surface area contributed by atoms with Crippen molar-refractivity contribution in [3.63, 3.8) is 0 Å². The first-order chi connectivity index (χ1) is 6.11. The normalized spacial score (nSPS) is 19.5. The molecule has 0 bridgehead atoms. The van der Waals surface area contributed by atoms with Gasteiger partial charge in [0.15, 0.2) is 0 Å². The van der Waals surface area contributed by atoms with Gasteiger partial charge in [-0.25, -0.2) is 0 Å². The van der Waals surface area contributed by atoms with Crippen LogP contribution in [0, 0.1) is 0 Å². The molecular weight excluding hydrogens is 164 g/mol. The fraction of sp³-hybridized carbons (Fsp3) is 0.455. The largest absolute Gasteiger partial charge is 0.389 e. The first-order valence-corrected chi connectivity index (χ1v) is 4.55. The second-order valence-electron chi connectivity index (χ2n) is 3.34. The lowest BCUT2D eigenvalue weighted by Crippen LogP contribution is -2.16. The topological polar surface area (TPSA) is 40.5 Å². The van der Waals surface area contributed by atoms with E-state index in [1.807, 2.05) is 18.2 Å². The molecule has 2 N–H and O–H groups in total. The molecule has 13 heavy (non-hydrogen) atoms. The Morgan fingerprint density at radius 1 is 1.38 bits per heavy atom. The zero-order valence-corrected chi connectivity index (χ0v) is 8.07. The third-order valence-corrected chi connectivity index (χ3v) is 2.10. The van der Waals surface area contributed by atoms with E-state index in [0.717, 1.165) is 12.0 Å². The summed E-state index contributed by atoms with van der Waals surface area (Å²) in [5.74, 6) is 0. The molecule has 2 heteroatoms. The minimum atomic E-state index is -0.588. The summed E-state index contributed by atoms with van der Waals surface area (Å²) in [6.07, 6.45) is 7.71. The third kappa shape index (κ3) is 2.83. The fourth-order valence-corrected chi connectivity index (χ4v) is 1.37. The Bertz CT molecular complexity index is 247. The Labute approximate surface area is 78.9 Å². The van der Waals surface area contributed by atoms with Crippen LogP contribution in [0.25, 0.3) is 0 Å². The number of hydrogen-bond donors (Lipinski definition) is 2. The standard InChI is InChI=1S/C11H16O2/c1-8(12)11(9(2)13)7-10-5-3-4-6-10/h3,5-9,12-13H,4H2,1-2H3. The molecule has 2 nitrogen and oxygen atoms in total. The summed E-state index contributed by atoms with van der Waals surface area (Å²) in [7, 11) is 0. The van der Waals surface area contributed by atoms with Crippen LogP contribution in [0.5, 0.6) is 0 Å². The fourth-order valence-electron chi connectivity index (χ4n) is 1.37. The smallest absolute Gasteiger partial charge is 0.0749 e. The number of hydrogen-bond acceptors (Lipinski definition) is 2. The van der Waals surface area contributed by atoms with Gasteiger partial charge >= 0.3 is 0 Å². The quantitative estimate of drug-likeness (QED) is 0.692. The molecule has 0 saturated heterocycles. The molecule has 0 spiro atoms. The van der Waals surface area contributed by atoms with Gasteiger partial charge in [0.2, 0.25) is 0 Å². The molecular formula is C11H16O2. The maximum absolute atomic E-state index is 9.36. The van der Waals surface area contributed by atoms with Crippen molar-refractivity contribution >= 4 is 0 Å². The summed E-state index contributed by atoms with van der Waals surface area (Å²) >= 11 is 0. The maximum Gasteiger partial charge on any atom is 0.0749 e. The highest BCUT2D eigenvalue weighted by Gasteiger charge is 2.11. The van der Waals surface area contributed by atoms with Crippen LogP contribution in [-0.2, 0) is 0 Å². The van der Waals surface area contributed by atoms with Gasteiger partial charge in [0, 0.05) is 0 Å². The Morgan fingerprint density at radius 2 is 2.00 bits per heavy atom. The molecule has 0 saturated carbocycles. The van der Waals surface area contributed by atoms with Crippen LogP contribution < -0.4 is 0 Å². The first kappa shape index (κ1) is 10.2. The van der Waals surface area contributed by atoms with Crippen LogP contribution in [0.2, 0.25) is 0 Å². The van der Waals surface area contributed by atoms with Gasteiger partial charge in [-0.3, -0.25) is 0 Å². The van der Waals surface area contributed by atoms with Gasteiger partial charge in [0.05, 0.1) is 12.2 Å². The van der Waals surface area contributed by atoms with E-state index in [1.165, 1.54) is 0 Å². The van der Waals surface area contributed by atoms with Gasteiger partial charge in [-0.15, -0.1) is 0 Å². The van der Waals surface area contributed by atoms with Crippen molar-refractivity contribution in [3.8, 4) is 0 Å². The molecule has 72 valence electrons. The van der Waals surface area contributed by atoms with Crippen molar-refractivity contribution in [2.45, 2.75) is 32.5 Å². The molecule has 0 aromatic heterocycles. The van der Waals surface area contributed by atoms with Crippen molar-refractivity contribution in [2.75, 3.05) is 0 Å². The first-order valence-electron chi connectivity index (χ1n) is 4.55. The molecule has 0 fully saturated rings. The minimum absolute atomic E-state index is 0.588. The van der Waals surface area contributed by atoms with Crippen LogP contribution in [0.1, 0.15) is 20.3 Å². The average Bonchev–Trinajstić information content (AvgIpc) is 2.50. The van der Waals surface area contributed by atoms with Crippen molar-refractivity contribution in [2.24, 2.45) is 0 Å². The Balaban J connectivity index is 2.80. The zero-order chi connectivity index (χ0) is 9.84. The van der Waals surface area contributed by atoms with E-state index >= 15 is 0 Å². The van der Waals surface area contributed by atoms with Crippen LogP contribution in [0.15, 0.2) is 35.5 Å². The molecule has 0 aliphatic heterocycles. The molecule has 0 amide bonds. The highest BCUT2D eigenvalue weighted by atomic mass is 16.3. The number of aliphatic hydroxyl groups excluding tert-OH is 2. The summed E-state index contributed by atoms with van der Waals surface area (Å²) in [4.78, 5) is 0. The van der Waals surface area contributed by atoms with E-state index in [-0.39, 0.29) is 0 Å². The predicted molar refractivity (Wildman–Crippen MR) is 53.3 cm³/mol. The lowest BCUT2D eigenvalue weighted by Gasteiger charge is -2.13. The van der Waals surface area contributed by atoms with Crippen molar-refractivity contribution in [1.82, 2.24) is 0 Å². The van der Waals surface area contributed by atoms with Crippen molar-refractivity contribution < 1.29 is 10.2 Å². The summed E-state index contributed by atoms with van der Waals surface area (Å²) in [5, 5.41) is 18.7. The van der Waals surface area contributed by atoms with Crippen LogP contribution in [-0.4, -0.2) is 22.4 Å². The minimum Gasteiger partial charge on any atom is -0.389 e. The number of allylic oxidation sites excluding steroid dienone is 5. The third-order valence-electron chi connectivity index (χ3n) is 2.10. The summed E-state index contributed by atoms with van der Waals surface area (Å²) in [6, 6.07) is 0.